The number of rotatable bonds is 3. The van der Waals surface area contributed by atoms with E-state index >= 15 is 0 Å². The number of hydrogen-bond donors (Lipinski definition) is 2. The zero-order chi connectivity index (χ0) is 19.0. The van der Waals surface area contributed by atoms with Gasteiger partial charge in [-0.05, 0) is 43.2 Å². The summed E-state index contributed by atoms with van der Waals surface area (Å²) in [5.74, 6) is -0.358. The highest BCUT2D eigenvalue weighted by Gasteiger charge is 2.18. The monoisotopic (exact) mass is 352 g/mol. The Labute approximate surface area is 148 Å². The highest BCUT2D eigenvalue weighted by molar-refractivity contribution is 5.94. The predicted octanol–water partition coefficient (Wildman–Crippen LogP) is 3.07. The summed E-state index contributed by atoms with van der Waals surface area (Å²) in [6.45, 7) is 5.17. The van der Waals surface area contributed by atoms with E-state index in [1.165, 1.54) is 25.1 Å². The molecule has 0 atom stereocenters. The minimum absolute atomic E-state index is 0.00760. The minimum atomic E-state index is -0.566. The zero-order valence-corrected chi connectivity index (χ0v) is 14.4. The third kappa shape index (κ3) is 3.16. The topological polar surface area (TPSA) is 118 Å². The molecular formula is C18H16N4O4. The molecule has 2 N–H and O–H groups in total. The van der Waals surface area contributed by atoms with E-state index < -0.39 is 10.5 Å². The number of fused-ring (bicyclic) bond motifs is 1. The van der Waals surface area contributed by atoms with Gasteiger partial charge in [0.05, 0.1) is 21.6 Å². The highest BCUT2D eigenvalue weighted by atomic mass is 16.6. The number of aromatic amines is 1. The molecule has 0 saturated heterocycles. The van der Waals surface area contributed by atoms with Gasteiger partial charge in [0, 0.05) is 24.6 Å². The fraction of sp³-hybridized carbons (Fsp3) is 0.167. The number of benzene rings is 2. The van der Waals surface area contributed by atoms with Crippen LogP contribution in [-0.4, -0.2) is 20.8 Å². The number of nitrogens with zero attached hydrogens (tertiary/aromatic N) is 2. The maximum absolute atomic E-state index is 12.5. The van der Waals surface area contributed by atoms with Crippen LogP contribution in [0.2, 0.25) is 0 Å². The van der Waals surface area contributed by atoms with Crippen LogP contribution in [0.15, 0.2) is 35.1 Å². The molecule has 0 radical (unpaired) electrons. The number of carbonyl (C=O) groups excluding carboxylic acids is 1. The molecule has 0 aliphatic carbocycles. The largest absolute Gasteiger partial charge is 0.326 e. The molecule has 8 nitrogen and oxygen atoms in total. The van der Waals surface area contributed by atoms with Crippen molar-refractivity contribution in [2.75, 3.05) is 5.32 Å². The van der Waals surface area contributed by atoms with Gasteiger partial charge in [-0.2, -0.15) is 0 Å². The Hall–Kier alpha value is -3.55. The van der Waals surface area contributed by atoms with Crippen LogP contribution in [0.1, 0.15) is 18.1 Å². The van der Waals surface area contributed by atoms with Gasteiger partial charge in [0.1, 0.15) is 5.69 Å². The molecule has 3 aromatic rings. The quantitative estimate of drug-likeness (QED) is 0.555. The van der Waals surface area contributed by atoms with Crippen LogP contribution in [0.3, 0.4) is 0 Å². The van der Waals surface area contributed by atoms with Gasteiger partial charge in [0.25, 0.3) is 11.2 Å². The molecule has 0 bridgehead atoms. The molecule has 0 unspecified atom stereocenters. The summed E-state index contributed by atoms with van der Waals surface area (Å²) in [6, 6.07) is 7.54. The number of non-ortho nitro benzene ring substituents is 1. The third-order valence-electron chi connectivity index (χ3n) is 4.09. The van der Waals surface area contributed by atoms with Crippen molar-refractivity contribution in [2.45, 2.75) is 20.8 Å². The lowest BCUT2D eigenvalue weighted by Crippen LogP contribution is -2.14. The molecule has 0 aliphatic heterocycles. The number of anilines is 1. The van der Waals surface area contributed by atoms with E-state index in [1.807, 2.05) is 26.0 Å². The number of nitro benzene ring substituents is 1. The minimum Gasteiger partial charge on any atom is -0.326 e. The van der Waals surface area contributed by atoms with Gasteiger partial charge in [0.2, 0.25) is 5.91 Å². The first-order valence-electron chi connectivity index (χ1n) is 7.84. The SMILES string of the molecule is CC(=O)Nc1ccc([N+](=O)[O-])cc1-c1nc2cc(C)c(C)cc2[nH]c1=O. The first kappa shape index (κ1) is 17.3. The van der Waals surface area contributed by atoms with E-state index in [9.17, 15) is 19.7 Å². The molecule has 0 saturated carbocycles. The van der Waals surface area contributed by atoms with Gasteiger partial charge in [-0.3, -0.25) is 19.7 Å². The molecule has 132 valence electrons. The van der Waals surface area contributed by atoms with Gasteiger partial charge >= 0.3 is 0 Å². The number of nitro groups is 1. The maximum Gasteiger partial charge on any atom is 0.275 e. The van der Waals surface area contributed by atoms with Crippen molar-refractivity contribution in [2.24, 2.45) is 0 Å². The highest BCUT2D eigenvalue weighted by Crippen LogP contribution is 2.30. The predicted molar refractivity (Wildman–Crippen MR) is 98.2 cm³/mol. The number of hydrogen-bond acceptors (Lipinski definition) is 5. The van der Waals surface area contributed by atoms with Crippen molar-refractivity contribution < 1.29 is 9.72 Å². The molecular weight excluding hydrogens is 336 g/mol. The fourth-order valence-corrected chi connectivity index (χ4v) is 2.67. The second-order valence-corrected chi connectivity index (χ2v) is 6.04. The lowest BCUT2D eigenvalue weighted by Gasteiger charge is -2.10. The van der Waals surface area contributed by atoms with E-state index in [2.05, 4.69) is 15.3 Å². The molecule has 1 aromatic heterocycles. The van der Waals surface area contributed by atoms with Crippen LogP contribution in [0, 0.1) is 24.0 Å². The average molecular weight is 352 g/mol. The van der Waals surface area contributed by atoms with Gasteiger partial charge < -0.3 is 10.3 Å². The molecule has 0 aliphatic rings. The molecule has 0 spiro atoms. The van der Waals surface area contributed by atoms with E-state index in [4.69, 9.17) is 0 Å². The standard InChI is InChI=1S/C18H16N4O4/c1-9-6-15-16(7-10(9)2)21-18(24)17(20-15)13-8-12(22(25)26)4-5-14(13)19-11(3)23/h4-8H,1-3H3,(H,19,23)(H,21,24). The molecule has 1 amide bonds. The Morgan fingerprint density at radius 3 is 2.54 bits per heavy atom. The third-order valence-corrected chi connectivity index (χ3v) is 4.09. The van der Waals surface area contributed by atoms with E-state index in [0.717, 1.165) is 11.1 Å². The summed E-state index contributed by atoms with van der Waals surface area (Å²) < 4.78 is 0. The van der Waals surface area contributed by atoms with Crippen molar-refractivity contribution in [3.63, 3.8) is 0 Å². The molecule has 0 fully saturated rings. The summed E-state index contributed by atoms with van der Waals surface area (Å²) in [5.41, 5.74) is 2.94. The van der Waals surface area contributed by atoms with E-state index in [-0.39, 0.29) is 28.5 Å². The van der Waals surface area contributed by atoms with Crippen LogP contribution in [-0.2, 0) is 4.79 Å². The van der Waals surface area contributed by atoms with Crippen molar-refractivity contribution in [1.29, 1.82) is 0 Å². The number of H-pyrrole nitrogens is 1. The average Bonchev–Trinajstić information content (AvgIpc) is 2.56. The van der Waals surface area contributed by atoms with Gasteiger partial charge in [0.15, 0.2) is 0 Å². The number of carbonyl (C=O) groups is 1. The van der Waals surface area contributed by atoms with Crippen molar-refractivity contribution in [1.82, 2.24) is 9.97 Å². The summed E-state index contributed by atoms with van der Waals surface area (Å²) in [6.07, 6.45) is 0. The smallest absolute Gasteiger partial charge is 0.275 e. The first-order valence-corrected chi connectivity index (χ1v) is 7.84. The van der Waals surface area contributed by atoms with Crippen molar-refractivity contribution in [3.8, 4) is 11.3 Å². The summed E-state index contributed by atoms with van der Waals surface area (Å²) >= 11 is 0. The van der Waals surface area contributed by atoms with Crippen LogP contribution in [0.4, 0.5) is 11.4 Å². The van der Waals surface area contributed by atoms with Gasteiger partial charge in [-0.15, -0.1) is 0 Å². The maximum atomic E-state index is 12.5. The second kappa shape index (κ2) is 6.40. The van der Waals surface area contributed by atoms with Crippen LogP contribution >= 0.6 is 0 Å². The van der Waals surface area contributed by atoms with Crippen molar-refractivity contribution in [3.05, 3.63) is 61.9 Å². The zero-order valence-electron chi connectivity index (χ0n) is 14.4. The van der Waals surface area contributed by atoms with Crippen LogP contribution in [0.25, 0.3) is 22.3 Å². The lowest BCUT2D eigenvalue weighted by molar-refractivity contribution is -0.384. The Morgan fingerprint density at radius 1 is 1.19 bits per heavy atom. The first-order chi connectivity index (χ1) is 12.3. The summed E-state index contributed by atoms with van der Waals surface area (Å²) in [7, 11) is 0. The summed E-state index contributed by atoms with van der Waals surface area (Å²) in [4.78, 5) is 41.7. The van der Waals surface area contributed by atoms with E-state index in [0.29, 0.717) is 11.0 Å². The number of aryl methyl sites for hydroxylation is 2. The van der Waals surface area contributed by atoms with Gasteiger partial charge in [-0.1, -0.05) is 0 Å². The molecule has 3 rings (SSSR count). The van der Waals surface area contributed by atoms with Crippen molar-refractivity contribution >= 4 is 28.3 Å². The Kier molecular flexibility index (Phi) is 4.25. The van der Waals surface area contributed by atoms with Crippen LogP contribution < -0.4 is 10.9 Å². The number of amides is 1. The summed E-state index contributed by atoms with van der Waals surface area (Å²) in [5, 5.41) is 13.7. The lowest BCUT2D eigenvalue weighted by atomic mass is 10.1. The Balaban J connectivity index is 2.30. The second-order valence-electron chi connectivity index (χ2n) is 6.04. The Morgan fingerprint density at radius 2 is 1.88 bits per heavy atom. The van der Waals surface area contributed by atoms with E-state index in [1.54, 1.807) is 0 Å². The number of aromatic nitrogens is 2. The van der Waals surface area contributed by atoms with Crippen LogP contribution in [0.5, 0.6) is 0 Å². The molecule has 8 heteroatoms. The molecule has 1 heterocycles. The number of nitrogens with one attached hydrogen (secondary N) is 2. The van der Waals surface area contributed by atoms with Gasteiger partial charge in [-0.25, -0.2) is 4.98 Å². The molecule has 2 aromatic carbocycles. The fourth-order valence-electron chi connectivity index (χ4n) is 2.67. The Bertz CT molecular complexity index is 1120. The molecule has 26 heavy (non-hydrogen) atoms. The normalized spacial score (nSPS) is 10.7.